The number of aryl methyl sites for hydroxylation is 1. The molecule has 0 fully saturated rings. The molecule has 0 saturated heterocycles. The molecule has 2 heterocycles. The third-order valence-electron chi connectivity index (χ3n) is 4.48. The summed E-state index contributed by atoms with van der Waals surface area (Å²) in [6, 6.07) is 17.1. The van der Waals surface area contributed by atoms with E-state index in [1.54, 1.807) is 17.0 Å². The molecule has 2 aromatic carbocycles. The fraction of sp³-hybridized carbons (Fsp3) is 0.0909. The molecule has 0 atom stereocenters. The Morgan fingerprint density at radius 3 is 2.70 bits per heavy atom. The Hall–Kier alpha value is -2.92. The SMILES string of the molecule is Cc1ccc2c(c1)/C(=C/c1cccc(Br)c1)C(=O)N2Cc1ccc(C=O)o1. The summed E-state index contributed by atoms with van der Waals surface area (Å²) in [5, 5.41) is 0. The van der Waals surface area contributed by atoms with Gasteiger partial charge in [-0.15, -0.1) is 0 Å². The Morgan fingerprint density at radius 2 is 1.96 bits per heavy atom. The van der Waals surface area contributed by atoms with Crippen molar-refractivity contribution in [3.8, 4) is 0 Å². The predicted octanol–water partition coefficient (Wildman–Crippen LogP) is 5.25. The monoisotopic (exact) mass is 421 g/mol. The molecule has 134 valence electrons. The van der Waals surface area contributed by atoms with Gasteiger partial charge in [0.25, 0.3) is 5.91 Å². The number of halogens is 1. The maximum atomic E-state index is 13.2. The molecule has 27 heavy (non-hydrogen) atoms. The Morgan fingerprint density at radius 1 is 1.11 bits per heavy atom. The summed E-state index contributed by atoms with van der Waals surface area (Å²) in [6.07, 6.45) is 2.57. The van der Waals surface area contributed by atoms with Crippen LogP contribution in [0.15, 0.2) is 63.5 Å². The molecule has 0 N–H and O–H groups in total. The highest BCUT2D eigenvalue weighted by Crippen LogP contribution is 2.39. The molecule has 0 spiro atoms. The van der Waals surface area contributed by atoms with E-state index in [4.69, 9.17) is 4.42 Å². The molecule has 0 saturated carbocycles. The third-order valence-corrected chi connectivity index (χ3v) is 4.97. The summed E-state index contributed by atoms with van der Waals surface area (Å²) >= 11 is 3.47. The highest BCUT2D eigenvalue weighted by Gasteiger charge is 2.33. The quantitative estimate of drug-likeness (QED) is 0.426. The van der Waals surface area contributed by atoms with Gasteiger partial charge in [-0.1, -0.05) is 39.7 Å². The van der Waals surface area contributed by atoms with Gasteiger partial charge < -0.3 is 9.32 Å². The van der Waals surface area contributed by atoms with Crippen molar-refractivity contribution in [2.24, 2.45) is 0 Å². The number of amides is 1. The van der Waals surface area contributed by atoms with Crippen LogP contribution < -0.4 is 4.90 Å². The number of hydrogen-bond acceptors (Lipinski definition) is 3. The van der Waals surface area contributed by atoms with Crippen LogP contribution in [-0.4, -0.2) is 12.2 Å². The lowest BCUT2D eigenvalue weighted by atomic mass is 10.0. The van der Waals surface area contributed by atoms with Crippen LogP contribution in [-0.2, 0) is 11.3 Å². The average Bonchev–Trinajstić information content (AvgIpc) is 3.20. The average molecular weight is 422 g/mol. The molecule has 0 radical (unpaired) electrons. The van der Waals surface area contributed by atoms with Gasteiger partial charge in [0.1, 0.15) is 5.76 Å². The van der Waals surface area contributed by atoms with Crippen molar-refractivity contribution in [3.05, 3.63) is 87.3 Å². The molecule has 3 aromatic rings. The normalized spacial score (nSPS) is 14.7. The van der Waals surface area contributed by atoms with Crippen molar-refractivity contribution in [3.63, 3.8) is 0 Å². The fourth-order valence-corrected chi connectivity index (χ4v) is 3.65. The van der Waals surface area contributed by atoms with Crippen LogP contribution >= 0.6 is 15.9 Å². The Balaban J connectivity index is 1.77. The molecule has 0 unspecified atom stereocenters. The fourth-order valence-electron chi connectivity index (χ4n) is 3.23. The second-order valence-electron chi connectivity index (χ2n) is 6.45. The van der Waals surface area contributed by atoms with Crippen molar-refractivity contribution in [1.82, 2.24) is 0 Å². The maximum Gasteiger partial charge on any atom is 0.259 e. The van der Waals surface area contributed by atoms with E-state index in [1.165, 1.54) is 0 Å². The molecule has 1 aromatic heterocycles. The molecule has 1 aliphatic heterocycles. The van der Waals surface area contributed by atoms with Gasteiger partial charge in [0.05, 0.1) is 12.2 Å². The van der Waals surface area contributed by atoms with Gasteiger partial charge in [-0.25, -0.2) is 0 Å². The van der Waals surface area contributed by atoms with E-state index in [-0.39, 0.29) is 18.2 Å². The van der Waals surface area contributed by atoms with Crippen LogP contribution in [0.2, 0.25) is 0 Å². The van der Waals surface area contributed by atoms with Gasteiger partial charge in [-0.3, -0.25) is 9.59 Å². The maximum absolute atomic E-state index is 13.2. The number of benzene rings is 2. The van der Waals surface area contributed by atoms with E-state index >= 15 is 0 Å². The highest BCUT2D eigenvalue weighted by molar-refractivity contribution is 9.10. The number of carbonyl (C=O) groups excluding carboxylic acids is 2. The van der Waals surface area contributed by atoms with Crippen molar-refractivity contribution in [2.45, 2.75) is 13.5 Å². The number of aldehydes is 1. The summed E-state index contributed by atoms with van der Waals surface area (Å²) in [4.78, 5) is 25.7. The first-order chi connectivity index (χ1) is 13.0. The lowest BCUT2D eigenvalue weighted by molar-refractivity contribution is -0.113. The first-order valence-electron chi connectivity index (χ1n) is 8.49. The zero-order valence-corrected chi connectivity index (χ0v) is 16.2. The predicted molar refractivity (Wildman–Crippen MR) is 108 cm³/mol. The topological polar surface area (TPSA) is 50.5 Å². The van der Waals surface area contributed by atoms with Crippen LogP contribution in [0, 0.1) is 6.92 Å². The molecule has 0 bridgehead atoms. The smallest absolute Gasteiger partial charge is 0.259 e. The summed E-state index contributed by atoms with van der Waals surface area (Å²) in [6.45, 7) is 2.28. The summed E-state index contributed by atoms with van der Waals surface area (Å²) in [5.74, 6) is 0.742. The Bertz CT molecular complexity index is 1080. The van der Waals surface area contributed by atoms with Crippen molar-refractivity contribution in [1.29, 1.82) is 0 Å². The van der Waals surface area contributed by atoms with E-state index in [9.17, 15) is 9.59 Å². The third kappa shape index (κ3) is 3.38. The number of furan rings is 1. The summed E-state index contributed by atoms with van der Waals surface area (Å²) < 4.78 is 6.42. The first kappa shape index (κ1) is 17.5. The minimum Gasteiger partial charge on any atom is -0.456 e. The largest absolute Gasteiger partial charge is 0.456 e. The number of nitrogens with zero attached hydrogens (tertiary/aromatic N) is 1. The van der Waals surface area contributed by atoms with E-state index in [0.29, 0.717) is 17.6 Å². The highest BCUT2D eigenvalue weighted by atomic mass is 79.9. The molecule has 1 aliphatic rings. The van der Waals surface area contributed by atoms with Crippen LogP contribution in [0.4, 0.5) is 5.69 Å². The summed E-state index contributed by atoms with van der Waals surface area (Å²) in [5.41, 5.74) is 4.43. The number of rotatable bonds is 4. The van der Waals surface area contributed by atoms with E-state index in [0.717, 1.165) is 26.9 Å². The van der Waals surface area contributed by atoms with E-state index < -0.39 is 0 Å². The van der Waals surface area contributed by atoms with Crippen molar-refractivity contribution >= 4 is 45.5 Å². The number of hydrogen-bond donors (Lipinski definition) is 0. The first-order valence-corrected chi connectivity index (χ1v) is 9.28. The van der Waals surface area contributed by atoms with E-state index in [2.05, 4.69) is 15.9 Å². The minimum atomic E-state index is -0.0837. The number of anilines is 1. The van der Waals surface area contributed by atoms with E-state index in [1.807, 2.05) is 55.5 Å². The second kappa shape index (κ2) is 7.00. The van der Waals surface area contributed by atoms with Gasteiger partial charge in [-0.2, -0.15) is 0 Å². The van der Waals surface area contributed by atoms with Crippen LogP contribution in [0.5, 0.6) is 0 Å². The molecular weight excluding hydrogens is 406 g/mol. The molecular formula is C22H16BrNO3. The van der Waals surface area contributed by atoms with Gasteiger partial charge in [-0.05, 0) is 55.0 Å². The van der Waals surface area contributed by atoms with Crippen molar-refractivity contribution < 1.29 is 14.0 Å². The van der Waals surface area contributed by atoms with Gasteiger partial charge >= 0.3 is 0 Å². The standard InChI is InChI=1S/C22H16BrNO3/c1-14-5-8-21-19(9-14)20(11-15-3-2-4-16(23)10-15)22(26)24(21)12-17-6-7-18(13-25)27-17/h2-11,13H,12H2,1H3/b20-11-. The lowest BCUT2D eigenvalue weighted by Gasteiger charge is -2.15. The molecule has 0 aliphatic carbocycles. The minimum absolute atomic E-state index is 0.0837. The molecule has 1 amide bonds. The van der Waals surface area contributed by atoms with Gasteiger partial charge in [0, 0.05) is 15.6 Å². The molecule has 5 heteroatoms. The molecule has 4 nitrogen and oxygen atoms in total. The zero-order chi connectivity index (χ0) is 19.0. The Labute approximate surface area is 165 Å². The number of fused-ring (bicyclic) bond motifs is 1. The van der Waals surface area contributed by atoms with Crippen LogP contribution in [0.25, 0.3) is 11.6 Å². The lowest BCUT2D eigenvalue weighted by Crippen LogP contribution is -2.25. The molecule has 4 rings (SSSR count). The van der Waals surface area contributed by atoms with Gasteiger partial charge in [0.15, 0.2) is 12.0 Å². The Kier molecular flexibility index (Phi) is 4.54. The zero-order valence-electron chi connectivity index (χ0n) is 14.6. The summed E-state index contributed by atoms with van der Waals surface area (Å²) in [7, 11) is 0. The number of carbonyl (C=O) groups is 2. The second-order valence-corrected chi connectivity index (χ2v) is 7.36. The van der Waals surface area contributed by atoms with Crippen LogP contribution in [0.3, 0.4) is 0 Å². The van der Waals surface area contributed by atoms with Crippen molar-refractivity contribution in [2.75, 3.05) is 4.90 Å². The van der Waals surface area contributed by atoms with Gasteiger partial charge in [0.2, 0.25) is 0 Å². The van der Waals surface area contributed by atoms with Crippen LogP contribution in [0.1, 0.15) is 33.0 Å².